The maximum Gasteiger partial charge on any atom is 0.328 e. The van der Waals surface area contributed by atoms with E-state index in [0.717, 1.165) is 17.7 Å². The molecule has 0 bridgehead atoms. The highest BCUT2D eigenvalue weighted by Crippen LogP contribution is 2.41. The Labute approximate surface area is 156 Å². The van der Waals surface area contributed by atoms with E-state index in [1.54, 1.807) is 32.0 Å². The third-order valence-electron chi connectivity index (χ3n) is 4.77. The van der Waals surface area contributed by atoms with E-state index in [-0.39, 0.29) is 17.5 Å². The van der Waals surface area contributed by atoms with Crippen molar-refractivity contribution in [2.75, 3.05) is 0 Å². The number of hydrogen-bond donors (Lipinski definition) is 4. The molecule has 148 valence electrons. The molecule has 1 aromatic carbocycles. The van der Waals surface area contributed by atoms with Gasteiger partial charge in [-0.25, -0.2) is 23.3 Å². The highest BCUT2D eigenvalue weighted by atomic mass is 19.3. The first-order chi connectivity index (χ1) is 12.8. The summed E-state index contributed by atoms with van der Waals surface area (Å²) in [6.07, 6.45) is -2.73. The lowest BCUT2D eigenvalue weighted by atomic mass is 9.99. The monoisotopic (exact) mass is 382 g/mol. The Balaban J connectivity index is 1.74. The topological polar surface area (TPSA) is 93.7 Å². The average molecular weight is 382 g/mol. The highest BCUT2D eigenvalue weighted by Gasteiger charge is 2.36. The molecular weight excluding hydrogens is 358 g/mol. The van der Waals surface area contributed by atoms with E-state index >= 15 is 0 Å². The van der Waals surface area contributed by atoms with Gasteiger partial charge in [-0.05, 0) is 43.7 Å². The lowest BCUT2D eigenvalue weighted by Crippen LogP contribution is -2.69. The van der Waals surface area contributed by atoms with Crippen LogP contribution in [0.15, 0.2) is 24.3 Å². The fourth-order valence-electron chi connectivity index (χ4n) is 3.18. The number of amides is 4. The van der Waals surface area contributed by atoms with Gasteiger partial charge in [-0.1, -0.05) is 24.3 Å². The van der Waals surface area contributed by atoms with E-state index in [0.29, 0.717) is 5.56 Å². The Bertz CT molecular complexity index is 694. The second-order valence-corrected chi connectivity index (χ2v) is 7.23. The van der Waals surface area contributed by atoms with Crippen LogP contribution in [0, 0.1) is 5.92 Å². The van der Waals surface area contributed by atoms with E-state index in [4.69, 9.17) is 0 Å². The molecule has 1 unspecified atom stereocenters. The molecule has 1 aliphatic heterocycles. The molecule has 2 fully saturated rings. The van der Waals surface area contributed by atoms with Crippen LogP contribution in [0.5, 0.6) is 0 Å². The average Bonchev–Trinajstić information content (AvgIpc) is 3.43. The highest BCUT2D eigenvalue weighted by molar-refractivity contribution is 5.96. The van der Waals surface area contributed by atoms with Gasteiger partial charge in [0, 0.05) is 6.04 Å². The Morgan fingerprint density at radius 1 is 1.15 bits per heavy atom. The second-order valence-electron chi connectivity index (χ2n) is 7.23. The Morgan fingerprint density at radius 2 is 1.74 bits per heavy atom. The summed E-state index contributed by atoms with van der Waals surface area (Å²) in [4.78, 5) is 25.1. The molecule has 4 amide bonds. The molecule has 27 heavy (non-hydrogen) atoms. The maximum absolute atomic E-state index is 13.7. The summed E-state index contributed by atoms with van der Waals surface area (Å²) in [7, 11) is 0. The summed E-state index contributed by atoms with van der Waals surface area (Å²) >= 11 is 0. The lowest BCUT2D eigenvalue weighted by Gasteiger charge is -2.36. The van der Waals surface area contributed by atoms with Crippen LogP contribution in [0.1, 0.15) is 50.0 Å². The number of rotatable bonds is 7. The Morgan fingerprint density at radius 3 is 2.26 bits per heavy atom. The van der Waals surface area contributed by atoms with Crippen molar-refractivity contribution in [3.05, 3.63) is 35.4 Å². The molecule has 1 saturated carbocycles. The number of nitrogens with one attached hydrogen (secondary N) is 3. The predicted molar refractivity (Wildman–Crippen MR) is 93.8 cm³/mol. The molecule has 9 heteroatoms. The fraction of sp³-hybridized carbons (Fsp3) is 0.556. The molecule has 1 aliphatic carbocycles. The van der Waals surface area contributed by atoms with Gasteiger partial charge in [-0.15, -0.1) is 0 Å². The van der Waals surface area contributed by atoms with Crippen molar-refractivity contribution in [1.29, 1.82) is 0 Å². The third-order valence-corrected chi connectivity index (χ3v) is 4.77. The molecule has 2 atom stereocenters. The zero-order valence-electron chi connectivity index (χ0n) is 15.2. The molecular formula is C18H24F2N4O3. The van der Waals surface area contributed by atoms with E-state index in [2.05, 4.69) is 16.0 Å². The molecule has 1 aromatic rings. The summed E-state index contributed by atoms with van der Waals surface area (Å²) < 4.78 is 27.4. The number of hydrogen-bond acceptors (Lipinski definition) is 4. The third kappa shape index (κ3) is 4.36. The molecule has 7 nitrogen and oxygen atoms in total. The number of imide groups is 1. The van der Waals surface area contributed by atoms with Crippen LogP contribution in [0.25, 0.3) is 0 Å². The van der Waals surface area contributed by atoms with Gasteiger partial charge >= 0.3 is 12.1 Å². The number of carbonyl (C=O) groups is 2. The number of aliphatic hydroxyl groups excluding tert-OH is 1. The van der Waals surface area contributed by atoms with Gasteiger partial charge < -0.3 is 15.7 Å². The van der Waals surface area contributed by atoms with Crippen molar-refractivity contribution >= 4 is 12.1 Å². The molecule has 1 heterocycles. The summed E-state index contributed by atoms with van der Waals surface area (Å²) in [5.74, 6) is 0.178. The molecule has 3 rings (SSSR count). The number of alkyl halides is 2. The minimum atomic E-state index is -2.78. The zero-order chi connectivity index (χ0) is 19.7. The van der Waals surface area contributed by atoms with Crippen molar-refractivity contribution in [2.24, 2.45) is 5.92 Å². The van der Waals surface area contributed by atoms with Gasteiger partial charge in [0.15, 0.2) is 6.29 Å². The van der Waals surface area contributed by atoms with Crippen molar-refractivity contribution in [3.63, 3.8) is 0 Å². The Hall–Kier alpha value is -2.26. The van der Waals surface area contributed by atoms with Gasteiger partial charge in [-0.3, -0.25) is 5.32 Å². The normalized spacial score (nSPS) is 20.6. The molecule has 1 saturated heterocycles. The van der Waals surface area contributed by atoms with Crippen LogP contribution in [0.2, 0.25) is 0 Å². The first-order valence-electron chi connectivity index (χ1n) is 9.00. The van der Waals surface area contributed by atoms with Crippen LogP contribution < -0.4 is 16.0 Å². The lowest BCUT2D eigenvalue weighted by molar-refractivity contribution is 0.0803. The smallest absolute Gasteiger partial charge is 0.328 e. The van der Waals surface area contributed by atoms with Crippen LogP contribution in [-0.4, -0.2) is 40.8 Å². The summed E-state index contributed by atoms with van der Waals surface area (Å²) in [6.45, 7) is 3.34. The largest absolute Gasteiger partial charge is 0.388 e. The van der Waals surface area contributed by atoms with Crippen molar-refractivity contribution in [2.45, 2.75) is 57.6 Å². The van der Waals surface area contributed by atoms with E-state index in [1.165, 1.54) is 6.07 Å². The number of nitrogens with zero attached hydrogens (tertiary/aromatic N) is 1. The number of carbonyl (C=O) groups excluding carboxylic acids is 2. The maximum atomic E-state index is 13.7. The first kappa shape index (κ1) is 19.5. The molecule has 0 radical (unpaired) electrons. The van der Waals surface area contributed by atoms with Crippen molar-refractivity contribution in [3.8, 4) is 0 Å². The molecule has 0 spiro atoms. The minimum Gasteiger partial charge on any atom is -0.388 e. The van der Waals surface area contributed by atoms with Gasteiger partial charge in [0.2, 0.25) is 0 Å². The fourth-order valence-corrected chi connectivity index (χ4v) is 3.18. The van der Waals surface area contributed by atoms with Gasteiger partial charge in [-0.2, -0.15) is 0 Å². The van der Waals surface area contributed by atoms with Crippen LogP contribution in [0.4, 0.5) is 18.4 Å². The van der Waals surface area contributed by atoms with Crippen LogP contribution in [-0.2, 0) is 0 Å². The minimum absolute atomic E-state index is 0.178. The van der Waals surface area contributed by atoms with Gasteiger partial charge in [0.05, 0.1) is 12.1 Å². The second kappa shape index (κ2) is 7.77. The molecule has 2 aliphatic rings. The number of urea groups is 2. The molecule has 0 aromatic heterocycles. The Kier molecular flexibility index (Phi) is 5.61. The standard InChI is InChI=1S/C18H24F2N4O3/c1-9(2)24-17(26)22-16(23-18(24)27)21-13(15(19)20)11-4-3-5-12(8-11)14(25)10-6-7-10/h3-5,8-10,13-16,21,25H,6-7H2,1-2H3,(H,22,26)(H,23,27)/t13-,14?/m1/s1. The summed E-state index contributed by atoms with van der Waals surface area (Å²) in [6, 6.07) is 3.30. The van der Waals surface area contributed by atoms with Crippen LogP contribution >= 0.6 is 0 Å². The first-order valence-corrected chi connectivity index (χ1v) is 9.00. The van der Waals surface area contributed by atoms with E-state index in [9.17, 15) is 23.5 Å². The SMILES string of the molecule is CC(C)N1C(=O)NC(N[C@H](c2cccc(C(O)C3CC3)c2)C(F)F)NC1=O. The van der Waals surface area contributed by atoms with E-state index in [1.807, 2.05) is 0 Å². The number of halogens is 2. The van der Waals surface area contributed by atoms with Gasteiger partial charge in [0.25, 0.3) is 6.43 Å². The van der Waals surface area contributed by atoms with Gasteiger partial charge in [0.1, 0.15) is 0 Å². The van der Waals surface area contributed by atoms with Crippen molar-refractivity contribution in [1.82, 2.24) is 20.9 Å². The van der Waals surface area contributed by atoms with E-state index < -0.39 is 36.9 Å². The quantitative estimate of drug-likeness (QED) is 0.583. The number of aliphatic hydroxyl groups is 1. The van der Waals surface area contributed by atoms with Crippen LogP contribution in [0.3, 0.4) is 0 Å². The summed E-state index contributed by atoms with van der Waals surface area (Å²) in [5.41, 5.74) is 0.863. The zero-order valence-corrected chi connectivity index (χ0v) is 15.2. The summed E-state index contributed by atoms with van der Waals surface area (Å²) in [5, 5.41) is 17.8. The molecule has 4 N–H and O–H groups in total. The number of benzene rings is 1. The predicted octanol–water partition coefficient (Wildman–Crippen LogP) is 2.45. The van der Waals surface area contributed by atoms with Crippen molar-refractivity contribution < 1.29 is 23.5 Å².